The minimum Gasteiger partial charge on any atom is -0.307 e. The van der Waals surface area contributed by atoms with Crippen molar-refractivity contribution in [1.82, 2.24) is 14.5 Å². The average Bonchev–Trinajstić information content (AvgIpc) is 3.24. The molecule has 0 saturated carbocycles. The number of nitrogens with one attached hydrogen (secondary N) is 1. The summed E-state index contributed by atoms with van der Waals surface area (Å²) in [6.07, 6.45) is 0. The zero-order valence-electron chi connectivity index (χ0n) is 21.4. The summed E-state index contributed by atoms with van der Waals surface area (Å²) in [6, 6.07) is 30.4. The van der Waals surface area contributed by atoms with Gasteiger partial charge in [-0.05, 0) is 55.0 Å². The van der Waals surface area contributed by atoms with E-state index < -0.39 is 15.7 Å². The van der Waals surface area contributed by atoms with Crippen molar-refractivity contribution < 1.29 is 13.2 Å². The Morgan fingerprint density at radius 1 is 0.850 bits per heavy atom. The van der Waals surface area contributed by atoms with E-state index in [2.05, 4.69) is 21.2 Å². The molecule has 1 amide bonds. The monoisotopic (exact) mass is 610 g/mol. The normalized spacial score (nSPS) is 11.7. The quantitative estimate of drug-likeness (QED) is 0.224. The van der Waals surface area contributed by atoms with Gasteiger partial charge >= 0.3 is 0 Å². The van der Waals surface area contributed by atoms with Crippen LogP contribution < -0.4 is 5.32 Å². The summed E-state index contributed by atoms with van der Waals surface area (Å²) >= 11 is 3.41. The highest BCUT2D eigenvalue weighted by atomic mass is 79.9. The lowest BCUT2D eigenvalue weighted by Gasteiger charge is -2.14. The highest BCUT2D eigenvalue weighted by Crippen LogP contribution is 2.38. The molecule has 6 rings (SSSR count). The molecule has 0 spiro atoms. The summed E-state index contributed by atoms with van der Waals surface area (Å²) in [5.41, 5.74) is 3.93. The van der Waals surface area contributed by atoms with Gasteiger partial charge in [0, 0.05) is 10.0 Å². The molecule has 0 unspecified atom stereocenters. The number of carbonyl (C=O) groups is 1. The van der Waals surface area contributed by atoms with Crippen LogP contribution >= 0.6 is 15.9 Å². The number of rotatable bonds is 6. The smallest absolute Gasteiger partial charge is 0.256 e. The van der Waals surface area contributed by atoms with Crippen molar-refractivity contribution in [3.63, 3.8) is 0 Å². The topological polar surface area (TPSA) is 94.0 Å². The maximum absolute atomic E-state index is 14.3. The molecule has 198 valence electrons. The molecule has 0 saturated heterocycles. The molecule has 0 bridgehead atoms. The second-order valence-corrected chi connectivity index (χ2v) is 12.2. The number of fused-ring (bicyclic) bond motifs is 2. The summed E-state index contributed by atoms with van der Waals surface area (Å²) in [5.74, 6) is -0.344. The SMILES string of the molecule is Cc1ccc(S(=O)(=O)c2c(NC(=O)c3cccc(Br)c3)n(Cc3ccccc3)c3nc4ccccc4nc23)cc1. The standard InChI is InChI=1S/C31H23BrN4O3S/c1-20-14-16-24(17-15-20)40(38,39)28-27-29(34-26-13-6-5-12-25(26)33-27)36(19-21-8-3-2-4-9-21)30(28)35-31(37)22-10-7-11-23(32)18-22/h2-18H,19H2,1H3,(H,35,37). The van der Waals surface area contributed by atoms with Gasteiger partial charge in [0.2, 0.25) is 9.84 Å². The summed E-state index contributed by atoms with van der Waals surface area (Å²) in [7, 11) is -4.14. The molecule has 9 heteroatoms. The van der Waals surface area contributed by atoms with Gasteiger partial charge in [-0.15, -0.1) is 0 Å². The average molecular weight is 612 g/mol. The predicted molar refractivity (Wildman–Crippen MR) is 159 cm³/mol. The molecule has 0 aliphatic heterocycles. The molecule has 40 heavy (non-hydrogen) atoms. The van der Waals surface area contributed by atoms with E-state index >= 15 is 0 Å². The van der Waals surface area contributed by atoms with Crippen LogP contribution in [0.25, 0.3) is 22.2 Å². The van der Waals surface area contributed by atoms with E-state index in [1.807, 2.05) is 61.5 Å². The van der Waals surface area contributed by atoms with Gasteiger partial charge in [0.1, 0.15) is 16.2 Å². The highest BCUT2D eigenvalue weighted by molar-refractivity contribution is 9.10. The van der Waals surface area contributed by atoms with Gasteiger partial charge in [-0.25, -0.2) is 18.4 Å². The first-order valence-electron chi connectivity index (χ1n) is 12.5. The third kappa shape index (κ3) is 4.78. The Kier molecular flexibility index (Phi) is 6.69. The Hall–Kier alpha value is -4.34. The van der Waals surface area contributed by atoms with E-state index in [1.165, 1.54) is 0 Å². The lowest BCUT2D eigenvalue weighted by molar-refractivity contribution is 0.102. The van der Waals surface area contributed by atoms with Crippen molar-refractivity contribution in [3.05, 3.63) is 124 Å². The largest absolute Gasteiger partial charge is 0.307 e. The molecule has 0 aliphatic carbocycles. The van der Waals surface area contributed by atoms with Crippen molar-refractivity contribution in [2.45, 2.75) is 23.3 Å². The van der Waals surface area contributed by atoms with Gasteiger partial charge in [0.05, 0.1) is 22.5 Å². The Bertz CT molecular complexity index is 2000. The maximum Gasteiger partial charge on any atom is 0.256 e. The molecule has 1 N–H and O–H groups in total. The number of hydrogen-bond donors (Lipinski definition) is 1. The maximum atomic E-state index is 14.3. The van der Waals surface area contributed by atoms with Crippen LogP contribution in [0, 0.1) is 6.92 Å². The summed E-state index contributed by atoms with van der Waals surface area (Å²) in [4.78, 5) is 23.2. The number of nitrogens with zero attached hydrogens (tertiary/aromatic N) is 3. The Morgan fingerprint density at radius 3 is 2.23 bits per heavy atom. The van der Waals surface area contributed by atoms with Crippen LogP contribution in [0.15, 0.2) is 117 Å². The number of sulfone groups is 1. The molecule has 7 nitrogen and oxygen atoms in total. The van der Waals surface area contributed by atoms with Crippen LogP contribution in [0.3, 0.4) is 0 Å². The Balaban J connectivity index is 1.67. The zero-order chi connectivity index (χ0) is 27.9. The van der Waals surface area contributed by atoms with E-state index in [-0.39, 0.29) is 27.7 Å². The molecular weight excluding hydrogens is 588 g/mol. The molecule has 0 fully saturated rings. The van der Waals surface area contributed by atoms with Crippen molar-refractivity contribution in [2.24, 2.45) is 0 Å². The van der Waals surface area contributed by atoms with Crippen LogP contribution in [0.1, 0.15) is 21.5 Å². The lowest BCUT2D eigenvalue weighted by Crippen LogP contribution is -2.18. The van der Waals surface area contributed by atoms with Gasteiger partial charge < -0.3 is 9.88 Å². The molecular formula is C31H23BrN4O3S. The number of anilines is 1. The number of para-hydroxylation sites is 2. The summed E-state index contributed by atoms with van der Waals surface area (Å²) < 4.78 is 31.1. The summed E-state index contributed by atoms with van der Waals surface area (Å²) in [5, 5.41) is 2.92. The lowest BCUT2D eigenvalue weighted by atomic mass is 10.2. The number of aryl methyl sites for hydroxylation is 1. The fraction of sp³-hybridized carbons (Fsp3) is 0.0645. The first kappa shape index (κ1) is 25.9. The second-order valence-electron chi connectivity index (χ2n) is 9.41. The van der Waals surface area contributed by atoms with Crippen molar-refractivity contribution >= 4 is 59.7 Å². The molecule has 2 heterocycles. The van der Waals surface area contributed by atoms with Gasteiger partial charge in [0.25, 0.3) is 5.91 Å². The van der Waals surface area contributed by atoms with Crippen molar-refractivity contribution in [3.8, 4) is 0 Å². The van der Waals surface area contributed by atoms with Crippen LogP contribution in [0.4, 0.5) is 5.82 Å². The first-order chi connectivity index (χ1) is 19.3. The number of aromatic nitrogens is 3. The predicted octanol–water partition coefficient (Wildman–Crippen LogP) is 6.79. The van der Waals surface area contributed by atoms with Crippen LogP contribution in [-0.4, -0.2) is 28.9 Å². The van der Waals surface area contributed by atoms with Gasteiger partial charge in [0.15, 0.2) is 5.65 Å². The number of halogens is 1. The van der Waals surface area contributed by atoms with Crippen LogP contribution in [-0.2, 0) is 16.4 Å². The minimum atomic E-state index is -4.14. The number of hydrogen-bond acceptors (Lipinski definition) is 5. The van der Waals surface area contributed by atoms with Crippen molar-refractivity contribution in [1.29, 1.82) is 0 Å². The van der Waals surface area contributed by atoms with Gasteiger partial charge in [-0.1, -0.05) is 82.2 Å². The fourth-order valence-corrected chi connectivity index (χ4v) is 6.55. The number of amides is 1. The second kappa shape index (κ2) is 10.3. The summed E-state index contributed by atoms with van der Waals surface area (Å²) in [6.45, 7) is 2.16. The van der Waals surface area contributed by atoms with Crippen LogP contribution in [0.5, 0.6) is 0 Å². The van der Waals surface area contributed by atoms with Gasteiger partial charge in [-0.2, -0.15) is 0 Å². The first-order valence-corrected chi connectivity index (χ1v) is 14.8. The molecule has 2 aromatic heterocycles. The minimum absolute atomic E-state index is 0.0936. The van der Waals surface area contributed by atoms with E-state index in [4.69, 9.17) is 9.97 Å². The molecule has 0 radical (unpaired) electrons. The number of carbonyl (C=O) groups excluding carboxylic acids is 1. The van der Waals surface area contributed by atoms with E-state index in [0.717, 1.165) is 15.6 Å². The Morgan fingerprint density at radius 2 is 1.52 bits per heavy atom. The third-order valence-electron chi connectivity index (χ3n) is 6.61. The highest BCUT2D eigenvalue weighted by Gasteiger charge is 2.32. The molecule has 6 aromatic rings. The third-order valence-corrected chi connectivity index (χ3v) is 8.92. The number of benzene rings is 4. The van der Waals surface area contributed by atoms with Gasteiger partial charge in [-0.3, -0.25) is 4.79 Å². The van der Waals surface area contributed by atoms with Crippen LogP contribution in [0.2, 0.25) is 0 Å². The van der Waals surface area contributed by atoms with Crippen molar-refractivity contribution in [2.75, 3.05) is 5.32 Å². The van der Waals surface area contributed by atoms with E-state index in [1.54, 1.807) is 53.1 Å². The molecule has 4 aromatic carbocycles. The zero-order valence-corrected chi connectivity index (χ0v) is 23.8. The molecule has 0 atom stereocenters. The van der Waals surface area contributed by atoms with E-state index in [9.17, 15) is 13.2 Å². The Labute approximate surface area is 239 Å². The van der Waals surface area contributed by atoms with E-state index in [0.29, 0.717) is 22.2 Å². The fourth-order valence-electron chi connectivity index (χ4n) is 4.62. The molecule has 0 aliphatic rings.